The van der Waals surface area contributed by atoms with E-state index in [9.17, 15) is 0 Å². The number of aryl methyl sites for hydroxylation is 1. The normalized spacial score (nSPS) is 10.9. The minimum Gasteiger partial charge on any atom is -0.399 e. The number of hydrogen-bond donors (Lipinski definition) is 1. The van der Waals surface area contributed by atoms with Gasteiger partial charge < -0.3 is 5.73 Å². The average Bonchev–Trinajstić information content (AvgIpc) is 2.72. The van der Waals surface area contributed by atoms with Crippen LogP contribution in [0.2, 0.25) is 0 Å². The third-order valence-corrected chi connectivity index (χ3v) is 3.08. The lowest BCUT2D eigenvalue weighted by Crippen LogP contribution is -2.01. The molecule has 0 bridgehead atoms. The molecule has 0 aliphatic rings. The second kappa shape index (κ2) is 4.18. The third kappa shape index (κ3) is 1.95. The van der Waals surface area contributed by atoms with Crippen molar-refractivity contribution in [1.29, 1.82) is 0 Å². The number of anilines is 1. The van der Waals surface area contributed by atoms with Gasteiger partial charge in [0.1, 0.15) is 0 Å². The first kappa shape index (κ1) is 10.8. The molecule has 3 heteroatoms. The molecular formula is C15H15N3. The van der Waals surface area contributed by atoms with Crippen LogP contribution >= 0.6 is 0 Å². The van der Waals surface area contributed by atoms with E-state index < -0.39 is 0 Å². The van der Waals surface area contributed by atoms with Gasteiger partial charge in [0.05, 0.1) is 18.3 Å². The summed E-state index contributed by atoms with van der Waals surface area (Å²) >= 11 is 0. The van der Waals surface area contributed by atoms with Gasteiger partial charge in [-0.15, -0.1) is 0 Å². The summed E-state index contributed by atoms with van der Waals surface area (Å²) in [6, 6.07) is 14.4. The number of nitrogens with zero attached hydrogens (tertiary/aromatic N) is 2. The Morgan fingerprint density at radius 1 is 1.17 bits per heavy atom. The molecule has 3 rings (SSSR count). The van der Waals surface area contributed by atoms with E-state index in [0.29, 0.717) is 0 Å². The lowest BCUT2D eigenvalue weighted by molar-refractivity contribution is 0.712. The van der Waals surface area contributed by atoms with Crippen molar-refractivity contribution in [2.24, 2.45) is 0 Å². The first-order chi connectivity index (χ1) is 8.72. The van der Waals surface area contributed by atoms with E-state index in [-0.39, 0.29) is 0 Å². The summed E-state index contributed by atoms with van der Waals surface area (Å²) in [5, 5.41) is 5.54. The maximum absolute atomic E-state index is 5.83. The Labute approximate surface area is 106 Å². The van der Waals surface area contributed by atoms with E-state index in [2.05, 4.69) is 36.3 Å². The molecule has 0 atom stereocenters. The predicted octanol–water partition coefficient (Wildman–Crippen LogP) is 2.98. The molecule has 0 aliphatic heterocycles. The maximum atomic E-state index is 5.83. The Morgan fingerprint density at radius 2 is 2.06 bits per heavy atom. The fourth-order valence-corrected chi connectivity index (χ4v) is 2.20. The number of rotatable bonds is 2. The van der Waals surface area contributed by atoms with Gasteiger partial charge in [-0.25, -0.2) is 0 Å². The summed E-state index contributed by atoms with van der Waals surface area (Å²) in [6.07, 6.45) is 1.88. The molecule has 1 heterocycles. The molecule has 2 aromatic carbocycles. The van der Waals surface area contributed by atoms with E-state index in [1.165, 1.54) is 11.1 Å². The molecule has 0 saturated carbocycles. The van der Waals surface area contributed by atoms with E-state index in [4.69, 9.17) is 5.73 Å². The van der Waals surface area contributed by atoms with Crippen molar-refractivity contribution in [2.45, 2.75) is 13.5 Å². The monoisotopic (exact) mass is 237 g/mol. The Kier molecular flexibility index (Phi) is 2.52. The fraction of sp³-hybridized carbons (Fsp3) is 0.133. The summed E-state index contributed by atoms with van der Waals surface area (Å²) in [4.78, 5) is 0. The summed E-state index contributed by atoms with van der Waals surface area (Å²) < 4.78 is 1.99. The molecular weight excluding hydrogens is 222 g/mol. The molecule has 0 spiro atoms. The van der Waals surface area contributed by atoms with Crippen LogP contribution < -0.4 is 5.73 Å². The first-order valence-electron chi connectivity index (χ1n) is 5.99. The predicted molar refractivity (Wildman–Crippen MR) is 74.4 cm³/mol. The van der Waals surface area contributed by atoms with Crippen LogP contribution in [0.4, 0.5) is 5.69 Å². The highest BCUT2D eigenvalue weighted by Crippen LogP contribution is 2.18. The second-order valence-corrected chi connectivity index (χ2v) is 4.61. The van der Waals surface area contributed by atoms with Crippen LogP contribution in [0.5, 0.6) is 0 Å². The summed E-state index contributed by atoms with van der Waals surface area (Å²) in [7, 11) is 0. The standard InChI is InChI=1S/C15H15N3/c1-11-3-2-4-12(7-11)10-18-15-8-14(16)6-5-13(15)9-17-18/h2-9H,10,16H2,1H3. The van der Waals surface area contributed by atoms with Gasteiger partial charge in [0, 0.05) is 11.1 Å². The van der Waals surface area contributed by atoms with Gasteiger partial charge in [-0.3, -0.25) is 4.68 Å². The number of aromatic nitrogens is 2. The van der Waals surface area contributed by atoms with Crippen LogP contribution in [0.1, 0.15) is 11.1 Å². The lowest BCUT2D eigenvalue weighted by Gasteiger charge is -2.05. The van der Waals surface area contributed by atoms with E-state index in [1.807, 2.05) is 29.1 Å². The fourth-order valence-electron chi connectivity index (χ4n) is 2.20. The largest absolute Gasteiger partial charge is 0.399 e. The molecule has 18 heavy (non-hydrogen) atoms. The molecule has 0 fully saturated rings. The van der Waals surface area contributed by atoms with Crippen LogP contribution in [0.3, 0.4) is 0 Å². The van der Waals surface area contributed by atoms with Crippen molar-refractivity contribution in [1.82, 2.24) is 9.78 Å². The molecule has 2 N–H and O–H groups in total. The van der Waals surface area contributed by atoms with Crippen molar-refractivity contribution < 1.29 is 0 Å². The number of hydrogen-bond acceptors (Lipinski definition) is 2. The summed E-state index contributed by atoms with van der Waals surface area (Å²) in [5.41, 5.74) is 10.2. The van der Waals surface area contributed by atoms with Crippen LogP contribution in [0.25, 0.3) is 10.9 Å². The number of fused-ring (bicyclic) bond motifs is 1. The Hall–Kier alpha value is -2.29. The highest BCUT2D eigenvalue weighted by molar-refractivity contribution is 5.81. The topological polar surface area (TPSA) is 43.8 Å². The number of nitrogen functional groups attached to an aromatic ring is 1. The quantitative estimate of drug-likeness (QED) is 0.696. The molecule has 1 aromatic heterocycles. The molecule has 0 amide bonds. The first-order valence-corrected chi connectivity index (χ1v) is 5.99. The van der Waals surface area contributed by atoms with Gasteiger partial charge >= 0.3 is 0 Å². The molecule has 0 saturated heterocycles. The minimum absolute atomic E-state index is 0.772. The minimum atomic E-state index is 0.772. The van der Waals surface area contributed by atoms with Crippen LogP contribution in [0, 0.1) is 6.92 Å². The molecule has 3 nitrogen and oxygen atoms in total. The van der Waals surface area contributed by atoms with E-state index in [0.717, 1.165) is 23.1 Å². The molecule has 0 aliphatic carbocycles. The van der Waals surface area contributed by atoms with Crippen molar-refractivity contribution in [3.05, 3.63) is 59.8 Å². The number of benzene rings is 2. The molecule has 3 aromatic rings. The zero-order valence-electron chi connectivity index (χ0n) is 10.3. The second-order valence-electron chi connectivity index (χ2n) is 4.61. The zero-order chi connectivity index (χ0) is 12.5. The van der Waals surface area contributed by atoms with E-state index >= 15 is 0 Å². The lowest BCUT2D eigenvalue weighted by atomic mass is 10.1. The van der Waals surface area contributed by atoms with Gasteiger partial charge in [0.2, 0.25) is 0 Å². The number of nitrogens with two attached hydrogens (primary N) is 1. The SMILES string of the molecule is Cc1cccc(Cn2ncc3ccc(N)cc32)c1. The highest BCUT2D eigenvalue weighted by atomic mass is 15.3. The van der Waals surface area contributed by atoms with Crippen LogP contribution in [-0.4, -0.2) is 9.78 Å². The van der Waals surface area contributed by atoms with Crippen molar-refractivity contribution >= 4 is 16.6 Å². The van der Waals surface area contributed by atoms with Crippen molar-refractivity contribution in [2.75, 3.05) is 5.73 Å². The smallest absolute Gasteiger partial charge is 0.0706 e. The van der Waals surface area contributed by atoms with Gasteiger partial charge in [-0.2, -0.15) is 5.10 Å². The van der Waals surface area contributed by atoms with Gasteiger partial charge in [0.25, 0.3) is 0 Å². The summed E-state index contributed by atoms with van der Waals surface area (Å²) in [5.74, 6) is 0. The van der Waals surface area contributed by atoms with Crippen molar-refractivity contribution in [3.63, 3.8) is 0 Å². The van der Waals surface area contributed by atoms with E-state index in [1.54, 1.807) is 0 Å². The Balaban J connectivity index is 2.02. The summed E-state index contributed by atoms with van der Waals surface area (Å²) in [6.45, 7) is 2.87. The van der Waals surface area contributed by atoms with Gasteiger partial charge in [-0.1, -0.05) is 29.8 Å². The van der Waals surface area contributed by atoms with Crippen LogP contribution in [0.15, 0.2) is 48.7 Å². The van der Waals surface area contributed by atoms with Gasteiger partial charge in [0.15, 0.2) is 0 Å². The Bertz CT molecular complexity index is 698. The molecule has 0 radical (unpaired) electrons. The molecule has 90 valence electrons. The zero-order valence-corrected chi connectivity index (χ0v) is 10.3. The van der Waals surface area contributed by atoms with Gasteiger partial charge in [-0.05, 0) is 30.7 Å². The van der Waals surface area contributed by atoms with Crippen molar-refractivity contribution in [3.8, 4) is 0 Å². The Morgan fingerprint density at radius 3 is 2.89 bits per heavy atom. The third-order valence-electron chi connectivity index (χ3n) is 3.08. The maximum Gasteiger partial charge on any atom is 0.0706 e. The highest BCUT2D eigenvalue weighted by Gasteiger charge is 2.03. The molecule has 0 unspecified atom stereocenters. The average molecular weight is 237 g/mol. The van der Waals surface area contributed by atoms with Crippen LogP contribution in [-0.2, 0) is 6.54 Å².